The second-order valence-electron chi connectivity index (χ2n) is 9.30. The van der Waals surface area contributed by atoms with Crippen LogP contribution in [0.2, 0.25) is 0 Å². The number of anilines is 1. The molecule has 1 saturated carbocycles. The van der Waals surface area contributed by atoms with Crippen molar-refractivity contribution < 1.29 is 13.2 Å². The van der Waals surface area contributed by atoms with Crippen LogP contribution in [0, 0.1) is 0 Å². The van der Waals surface area contributed by atoms with Gasteiger partial charge in [-0.1, -0.05) is 6.58 Å². The molecule has 1 amide bonds. The fraction of sp³-hybridized carbons (Fsp3) is 0.545. The Morgan fingerprint density at radius 3 is 2.67 bits per heavy atom. The molecule has 3 fully saturated rings. The minimum Gasteiger partial charge on any atom is -0.368 e. The molecule has 0 spiro atoms. The van der Waals surface area contributed by atoms with Gasteiger partial charge in [0.2, 0.25) is 15.9 Å². The zero-order valence-corrected chi connectivity index (χ0v) is 20.4. The van der Waals surface area contributed by atoms with Crippen LogP contribution in [0.3, 0.4) is 0 Å². The highest BCUT2D eigenvalue weighted by Crippen LogP contribution is 2.38. The van der Waals surface area contributed by atoms with Crippen molar-refractivity contribution in [3.63, 3.8) is 0 Å². The lowest BCUT2D eigenvalue weighted by atomic mass is 10.1. The van der Waals surface area contributed by atoms with Gasteiger partial charge in [-0.15, -0.1) is 12.4 Å². The van der Waals surface area contributed by atoms with Gasteiger partial charge in [-0.05, 0) is 44.4 Å². The number of hydrogen-bond acceptors (Lipinski definition) is 6. The standard InChI is InChI=1S/C22H30N6O3S.ClH/c1-3-21(29)27-9-4-16(15-27)28-20-13-17(32(30,31)25-22(2)5-6-22)12-19(18(20)14-24-28)26-10-7-23-8-11-26;/h3,12-14,16,23,25H,1,4-11,15H2,2H3;1H. The predicted molar refractivity (Wildman–Crippen MR) is 130 cm³/mol. The van der Waals surface area contributed by atoms with E-state index in [1.54, 1.807) is 17.0 Å². The molecule has 0 bridgehead atoms. The third kappa shape index (κ3) is 4.62. The molecular weight excluding hydrogens is 464 g/mol. The largest absolute Gasteiger partial charge is 0.368 e. The van der Waals surface area contributed by atoms with E-state index in [9.17, 15) is 13.2 Å². The Hall–Kier alpha value is -2.14. The quantitative estimate of drug-likeness (QED) is 0.592. The number of carbonyl (C=O) groups is 1. The summed E-state index contributed by atoms with van der Waals surface area (Å²) in [7, 11) is -3.67. The molecule has 1 atom stereocenters. The molecule has 3 aliphatic rings. The number of benzene rings is 1. The van der Waals surface area contributed by atoms with Gasteiger partial charge in [0.05, 0.1) is 22.7 Å². The van der Waals surface area contributed by atoms with Gasteiger partial charge >= 0.3 is 0 Å². The van der Waals surface area contributed by atoms with E-state index in [-0.39, 0.29) is 34.8 Å². The Morgan fingerprint density at radius 2 is 2.00 bits per heavy atom. The van der Waals surface area contributed by atoms with Crippen LogP contribution in [0.5, 0.6) is 0 Å². The maximum Gasteiger partial charge on any atom is 0.246 e. The van der Waals surface area contributed by atoms with Crippen LogP contribution in [0.1, 0.15) is 32.2 Å². The summed E-state index contributed by atoms with van der Waals surface area (Å²) in [6, 6.07) is 3.52. The van der Waals surface area contributed by atoms with Crippen molar-refractivity contribution in [2.45, 2.75) is 42.7 Å². The minimum absolute atomic E-state index is 0. The molecule has 2 aliphatic heterocycles. The Balaban J connectivity index is 0.00000259. The first-order valence-corrected chi connectivity index (χ1v) is 12.7. The SMILES string of the molecule is C=CC(=O)N1CCC(n2ncc3c(N4CCNCC4)cc(S(=O)(=O)NC4(C)CC4)cc32)C1.Cl. The Morgan fingerprint density at radius 1 is 1.27 bits per heavy atom. The summed E-state index contributed by atoms with van der Waals surface area (Å²) in [6.07, 6.45) is 5.64. The summed E-state index contributed by atoms with van der Waals surface area (Å²) in [6.45, 7) is 10.0. The third-order valence-electron chi connectivity index (χ3n) is 6.81. The monoisotopic (exact) mass is 494 g/mol. The van der Waals surface area contributed by atoms with Crippen molar-refractivity contribution in [1.82, 2.24) is 24.7 Å². The number of hydrogen-bond donors (Lipinski definition) is 2. The lowest BCUT2D eigenvalue weighted by molar-refractivity contribution is -0.125. The lowest BCUT2D eigenvalue weighted by Gasteiger charge is -2.30. The van der Waals surface area contributed by atoms with Crippen LogP contribution < -0.4 is 14.9 Å². The molecule has 0 radical (unpaired) electrons. The van der Waals surface area contributed by atoms with E-state index in [2.05, 4.69) is 26.6 Å². The number of likely N-dealkylation sites (tertiary alicyclic amines) is 1. The number of sulfonamides is 1. The van der Waals surface area contributed by atoms with Crippen LogP contribution in [-0.4, -0.2) is 73.8 Å². The van der Waals surface area contributed by atoms with Crippen molar-refractivity contribution in [1.29, 1.82) is 0 Å². The second-order valence-corrected chi connectivity index (χ2v) is 11.0. The molecule has 2 N–H and O–H groups in total. The van der Waals surface area contributed by atoms with E-state index in [1.165, 1.54) is 6.08 Å². The fourth-order valence-corrected chi connectivity index (χ4v) is 6.16. The highest BCUT2D eigenvalue weighted by Gasteiger charge is 2.41. The first-order chi connectivity index (χ1) is 15.3. The number of nitrogens with one attached hydrogen (secondary N) is 2. The summed E-state index contributed by atoms with van der Waals surface area (Å²) in [5.41, 5.74) is 1.34. The maximum atomic E-state index is 13.3. The van der Waals surface area contributed by atoms with Crippen LogP contribution in [0.25, 0.3) is 10.9 Å². The Kier molecular flexibility index (Phi) is 6.47. The predicted octanol–water partition coefficient (Wildman–Crippen LogP) is 1.66. The smallest absolute Gasteiger partial charge is 0.246 e. The molecule has 1 aromatic carbocycles. The molecule has 1 unspecified atom stereocenters. The van der Waals surface area contributed by atoms with E-state index in [0.29, 0.717) is 13.1 Å². The van der Waals surface area contributed by atoms with Gasteiger partial charge in [-0.2, -0.15) is 5.10 Å². The van der Waals surface area contributed by atoms with Gasteiger partial charge in [0.15, 0.2) is 0 Å². The van der Waals surface area contributed by atoms with Gasteiger partial charge < -0.3 is 15.1 Å². The van der Waals surface area contributed by atoms with Crippen molar-refractivity contribution in [2.75, 3.05) is 44.2 Å². The summed E-state index contributed by atoms with van der Waals surface area (Å²) in [5.74, 6) is -0.0874. The number of halogens is 1. The molecule has 2 aromatic rings. The highest BCUT2D eigenvalue weighted by molar-refractivity contribution is 7.89. The minimum atomic E-state index is -3.67. The first kappa shape index (κ1) is 24.0. The van der Waals surface area contributed by atoms with Crippen molar-refractivity contribution in [3.8, 4) is 0 Å². The van der Waals surface area contributed by atoms with Gasteiger partial charge in [0, 0.05) is 55.9 Å². The van der Waals surface area contributed by atoms with Crippen LogP contribution in [-0.2, 0) is 14.8 Å². The van der Waals surface area contributed by atoms with Crippen molar-refractivity contribution >= 4 is 44.9 Å². The number of piperazine rings is 1. The second kappa shape index (κ2) is 8.90. The van der Waals surface area contributed by atoms with Crippen LogP contribution >= 0.6 is 12.4 Å². The third-order valence-corrected chi connectivity index (χ3v) is 8.43. The molecule has 3 heterocycles. The Labute approximate surface area is 200 Å². The number of nitrogens with zero attached hydrogens (tertiary/aromatic N) is 4. The average molecular weight is 495 g/mol. The molecule has 33 heavy (non-hydrogen) atoms. The number of fused-ring (bicyclic) bond motifs is 1. The summed E-state index contributed by atoms with van der Waals surface area (Å²) in [5, 5.41) is 8.95. The normalized spacial score (nSPS) is 22.3. The van der Waals surface area contributed by atoms with Gasteiger partial charge in [0.1, 0.15) is 0 Å². The molecule has 1 aliphatic carbocycles. The molecule has 180 valence electrons. The van der Waals surface area contributed by atoms with Gasteiger partial charge in [0.25, 0.3) is 0 Å². The zero-order chi connectivity index (χ0) is 22.5. The molecule has 2 saturated heterocycles. The number of carbonyl (C=O) groups excluding carboxylic acids is 1. The summed E-state index contributed by atoms with van der Waals surface area (Å²) < 4.78 is 31.3. The van der Waals surface area contributed by atoms with Crippen molar-refractivity contribution in [2.24, 2.45) is 0 Å². The molecule has 9 nitrogen and oxygen atoms in total. The average Bonchev–Trinajstić information content (AvgIpc) is 3.18. The highest BCUT2D eigenvalue weighted by atomic mass is 35.5. The first-order valence-electron chi connectivity index (χ1n) is 11.2. The number of aromatic nitrogens is 2. The fourth-order valence-electron chi connectivity index (χ4n) is 4.66. The van der Waals surface area contributed by atoms with Gasteiger partial charge in [-0.3, -0.25) is 9.48 Å². The summed E-state index contributed by atoms with van der Waals surface area (Å²) >= 11 is 0. The number of rotatable bonds is 6. The van der Waals surface area contributed by atoms with Crippen LogP contribution in [0.15, 0.2) is 35.9 Å². The maximum absolute atomic E-state index is 13.3. The summed E-state index contributed by atoms with van der Waals surface area (Å²) in [4.78, 5) is 16.3. The van der Waals surface area contributed by atoms with E-state index in [1.807, 2.05) is 17.8 Å². The van der Waals surface area contributed by atoms with Crippen molar-refractivity contribution in [3.05, 3.63) is 31.0 Å². The zero-order valence-electron chi connectivity index (χ0n) is 18.8. The topological polar surface area (TPSA) is 99.6 Å². The molecule has 5 rings (SSSR count). The Bertz CT molecular complexity index is 1170. The van der Waals surface area contributed by atoms with Gasteiger partial charge in [-0.25, -0.2) is 13.1 Å². The molecular formula is C22H31ClN6O3S. The molecule has 11 heteroatoms. The number of amides is 1. The molecule has 1 aromatic heterocycles. The lowest BCUT2D eigenvalue weighted by Crippen LogP contribution is -2.43. The van der Waals surface area contributed by atoms with E-state index in [0.717, 1.165) is 62.0 Å². The van der Waals surface area contributed by atoms with E-state index >= 15 is 0 Å². The van der Waals surface area contributed by atoms with E-state index in [4.69, 9.17) is 0 Å². The van der Waals surface area contributed by atoms with E-state index < -0.39 is 10.0 Å². The van der Waals surface area contributed by atoms with Crippen LogP contribution in [0.4, 0.5) is 5.69 Å².